The summed E-state index contributed by atoms with van der Waals surface area (Å²) in [6.45, 7) is 4.56. The van der Waals surface area contributed by atoms with Gasteiger partial charge in [0, 0.05) is 11.5 Å². The van der Waals surface area contributed by atoms with Crippen LogP contribution in [0.1, 0.15) is 38.0 Å². The highest BCUT2D eigenvalue weighted by atomic mass is 35.5. The van der Waals surface area contributed by atoms with E-state index in [-0.39, 0.29) is 17.2 Å². The van der Waals surface area contributed by atoms with Gasteiger partial charge in [-0.15, -0.1) is 0 Å². The Balaban J connectivity index is 1.46. The molecule has 134 valence electrons. The molecule has 4 nitrogen and oxygen atoms in total. The molecule has 2 saturated heterocycles. The van der Waals surface area contributed by atoms with Crippen molar-refractivity contribution in [2.45, 2.75) is 38.8 Å². The SMILES string of the molecule is CCCC[C@H]1CO[C@H]([C@H]2CO[C@H](c3ccc(Cl)c(F)c3)OC2)OC1. The molecule has 0 N–H and O–H groups in total. The summed E-state index contributed by atoms with van der Waals surface area (Å²) in [7, 11) is 0. The molecular formula is C18H24ClFO4. The highest BCUT2D eigenvalue weighted by Gasteiger charge is 2.34. The Kier molecular flexibility index (Phi) is 6.47. The predicted molar refractivity (Wildman–Crippen MR) is 88.3 cm³/mol. The predicted octanol–water partition coefficient (Wildman–Crippen LogP) is 4.32. The third kappa shape index (κ3) is 4.46. The Hall–Kier alpha value is -0.720. The second-order valence-corrected chi connectivity index (χ2v) is 6.88. The molecule has 2 heterocycles. The van der Waals surface area contributed by atoms with Crippen LogP contribution in [0.3, 0.4) is 0 Å². The molecule has 3 rings (SSSR count). The molecule has 0 atom stereocenters. The number of rotatable bonds is 5. The maximum absolute atomic E-state index is 13.5. The lowest BCUT2D eigenvalue weighted by Gasteiger charge is -2.37. The van der Waals surface area contributed by atoms with Crippen LogP contribution in [0.5, 0.6) is 0 Å². The van der Waals surface area contributed by atoms with Crippen LogP contribution in [0.4, 0.5) is 4.39 Å². The minimum Gasteiger partial charge on any atom is -0.352 e. The molecular weight excluding hydrogens is 335 g/mol. The van der Waals surface area contributed by atoms with Crippen molar-refractivity contribution in [3.63, 3.8) is 0 Å². The smallest absolute Gasteiger partial charge is 0.183 e. The van der Waals surface area contributed by atoms with Crippen LogP contribution in [-0.2, 0) is 18.9 Å². The van der Waals surface area contributed by atoms with E-state index >= 15 is 0 Å². The van der Waals surface area contributed by atoms with E-state index in [0.717, 1.165) is 19.6 Å². The zero-order valence-corrected chi connectivity index (χ0v) is 14.6. The minimum absolute atomic E-state index is 0.0329. The monoisotopic (exact) mass is 358 g/mol. The average Bonchev–Trinajstić information content (AvgIpc) is 2.63. The third-order valence-corrected chi connectivity index (χ3v) is 4.79. The van der Waals surface area contributed by atoms with Gasteiger partial charge in [0.1, 0.15) is 5.82 Å². The maximum Gasteiger partial charge on any atom is 0.183 e. The summed E-state index contributed by atoms with van der Waals surface area (Å²) in [6, 6.07) is 4.57. The molecule has 6 heteroatoms. The molecule has 24 heavy (non-hydrogen) atoms. The highest BCUT2D eigenvalue weighted by Crippen LogP contribution is 2.31. The van der Waals surface area contributed by atoms with Gasteiger partial charge in [-0.1, -0.05) is 37.4 Å². The van der Waals surface area contributed by atoms with Gasteiger partial charge in [-0.25, -0.2) is 4.39 Å². The molecule has 0 aliphatic carbocycles. The molecule has 0 saturated carbocycles. The van der Waals surface area contributed by atoms with Crippen LogP contribution in [0.15, 0.2) is 18.2 Å². The van der Waals surface area contributed by atoms with Crippen LogP contribution in [-0.4, -0.2) is 32.7 Å². The number of hydrogen-bond acceptors (Lipinski definition) is 4. The second-order valence-electron chi connectivity index (χ2n) is 6.48. The second kappa shape index (κ2) is 8.59. The van der Waals surface area contributed by atoms with Crippen molar-refractivity contribution in [2.24, 2.45) is 11.8 Å². The van der Waals surface area contributed by atoms with E-state index in [9.17, 15) is 4.39 Å². The zero-order valence-electron chi connectivity index (χ0n) is 13.9. The summed E-state index contributed by atoms with van der Waals surface area (Å²) in [5.74, 6) is 0.0440. The molecule has 2 fully saturated rings. The molecule has 0 bridgehead atoms. The fourth-order valence-electron chi connectivity index (χ4n) is 3.02. The number of halogens is 2. The van der Waals surface area contributed by atoms with Gasteiger partial charge in [-0.3, -0.25) is 0 Å². The third-order valence-electron chi connectivity index (χ3n) is 4.48. The first-order valence-electron chi connectivity index (χ1n) is 8.58. The van der Waals surface area contributed by atoms with Crippen molar-refractivity contribution in [1.29, 1.82) is 0 Å². The number of ether oxygens (including phenoxy) is 4. The van der Waals surface area contributed by atoms with Crippen molar-refractivity contribution in [1.82, 2.24) is 0 Å². The Morgan fingerprint density at radius 1 is 1.08 bits per heavy atom. The molecule has 2 aliphatic rings. The van der Waals surface area contributed by atoms with E-state index in [1.807, 2.05) is 0 Å². The lowest BCUT2D eigenvalue weighted by atomic mass is 10.0. The van der Waals surface area contributed by atoms with Crippen molar-refractivity contribution >= 4 is 11.6 Å². The minimum atomic E-state index is -0.575. The highest BCUT2D eigenvalue weighted by molar-refractivity contribution is 6.30. The van der Waals surface area contributed by atoms with Gasteiger partial charge in [-0.05, 0) is 18.6 Å². The van der Waals surface area contributed by atoms with Gasteiger partial charge in [-0.2, -0.15) is 0 Å². The van der Waals surface area contributed by atoms with Crippen LogP contribution in [0, 0.1) is 17.7 Å². The van der Waals surface area contributed by atoms with Crippen LogP contribution < -0.4 is 0 Å². The zero-order chi connectivity index (χ0) is 16.9. The van der Waals surface area contributed by atoms with Crippen molar-refractivity contribution in [3.8, 4) is 0 Å². The Bertz CT molecular complexity index is 526. The Morgan fingerprint density at radius 3 is 2.42 bits per heavy atom. The number of hydrogen-bond donors (Lipinski definition) is 0. The van der Waals surface area contributed by atoms with Gasteiger partial charge in [0.25, 0.3) is 0 Å². The lowest BCUT2D eigenvalue weighted by molar-refractivity contribution is -0.283. The van der Waals surface area contributed by atoms with Crippen molar-refractivity contribution in [3.05, 3.63) is 34.6 Å². The average molecular weight is 359 g/mol. The topological polar surface area (TPSA) is 36.9 Å². The molecule has 0 radical (unpaired) electrons. The fourth-order valence-corrected chi connectivity index (χ4v) is 3.13. The molecule has 0 unspecified atom stereocenters. The maximum atomic E-state index is 13.5. The lowest BCUT2D eigenvalue weighted by Crippen LogP contribution is -2.43. The molecule has 0 amide bonds. The molecule has 0 aromatic heterocycles. The summed E-state index contributed by atoms with van der Waals surface area (Å²) >= 11 is 5.70. The summed E-state index contributed by atoms with van der Waals surface area (Å²) in [5, 5.41) is 0.0917. The summed E-state index contributed by atoms with van der Waals surface area (Å²) < 4.78 is 36.7. The molecule has 2 aliphatic heterocycles. The number of unbranched alkanes of at least 4 members (excludes halogenated alkanes) is 1. The Labute approximate surface area is 147 Å². The molecule has 1 aromatic carbocycles. The van der Waals surface area contributed by atoms with Crippen LogP contribution in [0.2, 0.25) is 5.02 Å². The first kappa shape index (κ1) is 18.1. The van der Waals surface area contributed by atoms with E-state index in [4.69, 9.17) is 30.5 Å². The van der Waals surface area contributed by atoms with Crippen molar-refractivity contribution < 1.29 is 23.3 Å². The summed E-state index contributed by atoms with van der Waals surface area (Å²) in [6.07, 6.45) is 2.68. The normalized spacial score (nSPS) is 31.1. The summed E-state index contributed by atoms with van der Waals surface area (Å²) in [5.41, 5.74) is 0.625. The van der Waals surface area contributed by atoms with Crippen LogP contribution in [0.25, 0.3) is 0 Å². The molecule has 0 spiro atoms. The van der Waals surface area contributed by atoms with E-state index in [1.54, 1.807) is 6.07 Å². The number of benzene rings is 1. The van der Waals surface area contributed by atoms with E-state index in [2.05, 4.69) is 6.92 Å². The quantitative estimate of drug-likeness (QED) is 0.785. The van der Waals surface area contributed by atoms with E-state index < -0.39 is 12.1 Å². The van der Waals surface area contributed by atoms with Gasteiger partial charge in [0.05, 0.1) is 37.4 Å². The molecule has 1 aromatic rings. The van der Waals surface area contributed by atoms with Gasteiger partial charge in [0.2, 0.25) is 0 Å². The largest absolute Gasteiger partial charge is 0.352 e. The first-order chi connectivity index (χ1) is 11.7. The Morgan fingerprint density at radius 2 is 1.79 bits per heavy atom. The summed E-state index contributed by atoms with van der Waals surface area (Å²) in [4.78, 5) is 0. The van der Waals surface area contributed by atoms with Gasteiger partial charge >= 0.3 is 0 Å². The fraction of sp³-hybridized carbons (Fsp3) is 0.667. The van der Waals surface area contributed by atoms with E-state index in [0.29, 0.717) is 24.7 Å². The van der Waals surface area contributed by atoms with Crippen molar-refractivity contribution in [2.75, 3.05) is 26.4 Å². The van der Waals surface area contributed by atoms with Gasteiger partial charge in [0.15, 0.2) is 12.6 Å². The van der Waals surface area contributed by atoms with Crippen LogP contribution >= 0.6 is 11.6 Å². The standard InChI is InChI=1S/C18H24ClFO4/c1-2-3-4-12-8-21-18(22-9-12)14-10-23-17(24-11-14)13-5-6-15(19)16(20)7-13/h5-7,12,14,17-18H,2-4,8-11H2,1H3/t12-,14-,17-,18-. The van der Waals surface area contributed by atoms with E-state index in [1.165, 1.54) is 25.0 Å². The first-order valence-corrected chi connectivity index (χ1v) is 8.96. The van der Waals surface area contributed by atoms with Gasteiger partial charge < -0.3 is 18.9 Å².